The SMILES string of the molecule is COc1cccc([C@@H]2N(C(=O)C3CCN(C)CC3)CC[C@]23C(=O)Nc2ccccc23)c1. The van der Waals surface area contributed by atoms with Gasteiger partial charge in [0.2, 0.25) is 11.8 Å². The number of methoxy groups -OCH3 is 1. The van der Waals surface area contributed by atoms with Gasteiger partial charge in [-0.3, -0.25) is 9.59 Å². The van der Waals surface area contributed by atoms with Crippen LogP contribution in [0.5, 0.6) is 5.75 Å². The highest BCUT2D eigenvalue weighted by Crippen LogP contribution is 2.55. The highest BCUT2D eigenvalue weighted by atomic mass is 16.5. The maximum absolute atomic E-state index is 13.7. The number of hydrogen-bond acceptors (Lipinski definition) is 4. The molecule has 1 spiro atoms. The number of anilines is 1. The Kier molecular flexibility index (Phi) is 4.97. The largest absolute Gasteiger partial charge is 0.497 e. The maximum atomic E-state index is 13.7. The van der Waals surface area contributed by atoms with E-state index < -0.39 is 5.41 Å². The Balaban J connectivity index is 1.60. The van der Waals surface area contributed by atoms with Gasteiger partial charge in [-0.15, -0.1) is 0 Å². The third-order valence-electron chi connectivity index (χ3n) is 7.35. The average Bonchev–Trinajstić information content (AvgIpc) is 3.33. The molecule has 162 valence electrons. The van der Waals surface area contributed by atoms with Crippen LogP contribution in [-0.4, -0.2) is 55.4 Å². The lowest BCUT2D eigenvalue weighted by Crippen LogP contribution is -2.45. The van der Waals surface area contributed by atoms with Gasteiger partial charge in [0.05, 0.1) is 13.2 Å². The lowest BCUT2D eigenvalue weighted by Gasteiger charge is -2.37. The zero-order valence-electron chi connectivity index (χ0n) is 18.1. The molecule has 3 heterocycles. The second-order valence-electron chi connectivity index (χ2n) is 9.01. The van der Waals surface area contributed by atoms with Crippen LogP contribution in [0.2, 0.25) is 0 Å². The van der Waals surface area contributed by atoms with Gasteiger partial charge in [0.15, 0.2) is 0 Å². The number of nitrogens with one attached hydrogen (secondary N) is 1. The van der Waals surface area contributed by atoms with Gasteiger partial charge in [-0.1, -0.05) is 30.3 Å². The number of nitrogens with zero attached hydrogens (tertiary/aromatic N) is 2. The molecule has 2 aromatic rings. The summed E-state index contributed by atoms with van der Waals surface area (Å²) in [6.45, 7) is 2.44. The molecule has 2 atom stereocenters. The van der Waals surface area contributed by atoms with Gasteiger partial charge >= 0.3 is 0 Å². The minimum atomic E-state index is -0.774. The summed E-state index contributed by atoms with van der Waals surface area (Å²) in [5.41, 5.74) is 2.02. The van der Waals surface area contributed by atoms with Crippen LogP contribution < -0.4 is 10.1 Å². The first-order chi connectivity index (χ1) is 15.0. The number of fused-ring (bicyclic) bond motifs is 2. The van der Waals surface area contributed by atoms with Crippen molar-refractivity contribution in [3.8, 4) is 5.75 Å². The highest BCUT2D eigenvalue weighted by Gasteiger charge is 2.59. The monoisotopic (exact) mass is 419 g/mol. The Bertz CT molecular complexity index is 1010. The van der Waals surface area contributed by atoms with Gasteiger partial charge in [0.25, 0.3) is 0 Å². The molecule has 0 bridgehead atoms. The Morgan fingerprint density at radius 3 is 2.65 bits per heavy atom. The standard InChI is InChI=1S/C25H29N3O3/c1-27-13-10-17(11-14-27)23(29)28-15-12-25(20-8-3-4-9-21(20)26-24(25)30)22(28)18-6-5-7-19(16-18)31-2/h3-9,16-17,22H,10-15H2,1-2H3,(H,26,30)/t22-,25+/m0/s1. The van der Waals surface area contributed by atoms with E-state index in [-0.39, 0.29) is 23.8 Å². The van der Waals surface area contributed by atoms with E-state index in [1.54, 1.807) is 7.11 Å². The lowest BCUT2D eigenvalue weighted by molar-refractivity contribution is -0.139. The molecule has 0 radical (unpaired) electrons. The van der Waals surface area contributed by atoms with Crippen LogP contribution in [0.1, 0.15) is 36.4 Å². The fourth-order valence-corrected chi connectivity index (χ4v) is 5.69. The number of amides is 2. The summed E-state index contributed by atoms with van der Waals surface area (Å²) in [5, 5.41) is 3.09. The number of rotatable bonds is 3. The molecule has 5 rings (SSSR count). The zero-order valence-corrected chi connectivity index (χ0v) is 18.1. The predicted octanol–water partition coefficient (Wildman–Crippen LogP) is 3.20. The van der Waals surface area contributed by atoms with Crippen LogP contribution >= 0.6 is 0 Å². The Morgan fingerprint density at radius 1 is 1.10 bits per heavy atom. The summed E-state index contributed by atoms with van der Waals surface area (Å²) >= 11 is 0. The molecule has 2 amide bonds. The Labute approximate surface area is 183 Å². The van der Waals surface area contributed by atoms with E-state index in [1.807, 2.05) is 53.4 Å². The number of ether oxygens (including phenoxy) is 1. The van der Waals surface area contributed by atoms with Crippen molar-refractivity contribution in [3.63, 3.8) is 0 Å². The molecular formula is C25H29N3O3. The van der Waals surface area contributed by atoms with Crippen molar-refractivity contribution in [3.05, 3.63) is 59.7 Å². The molecule has 31 heavy (non-hydrogen) atoms. The van der Waals surface area contributed by atoms with Crippen LogP contribution in [0.4, 0.5) is 5.69 Å². The Morgan fingerprint density at radius 2 is 1.87 bits per heavy atom. The third kappa shape index (κ3) is 3.12. The summed E-state index contributed by atoms with van der Waals surface area (Å²) in [6, 6.07) is 15.4. The first-order valence-electron chi connectivity index (χ1n) is 11.1. The van der Waals surface area contributed by atoms with Gasteiger partial charge in [-0.2, -0.15) is 0 Å². The first kappa shape index (κ1) is 20.1. The van der Waals surface area contributed by atoms with Gasteiger partial charge < -0.3 is 19.9 Å². The van der Waals surface area contributed by atoms with Crippen LogP contribution in [0.15, 0.2) is 48.5 Å². The van der Waals surface area contributed by atoms with Crippen LogP contribution in [0.3, 0.4) is 0 Å². The van der Waals surface area contributed by atoms with Crippen molar-refractivity contribution in [2.24, 2.45) is 5.92 Å². The normalized spacial score (nSPS) is 26.2. The van der Waals surface area contributed by atoms with E-state index in [9.17, 15) is 9.59 Å². The third-order valence-corrected chi connectivity index (χ3v) is 7.35. The molecule has 6 nitrogen and oxygen atoms in total. The summed E-state index contributed by atoms with van der Waals surface area (Å²) in [4.78, 5) is 31.5. The number of piperidine rings is 1. The van der Waals surface area contributed by atoms with Crippen molar-refractivity contribution < 1.29 is 14.3 Å². The van der Waals surface area contributed by atoms with Crippen molar-refractivity contribution in [1.29, 1.82) is 0 Å². The molecule has 6 heteroatoms. The Hall–Kier alpha value is -2.86. The summed E-state index contributed by atoms with van der Waals surface area (Å²) in [7, 11) is 3.74. The number of para-hydroxylation sites is 1. The van der Waals surface area contributed by atoms with E-state index in [1.165, 1.54) is 0 Å². The summed E-state index contributed by atoms with van der Waals surface area (Å²) in [5.74, 6) is 0.910. The molecule has 0 saturated carbocycles. The maximum Gasteiger partial charge on any atom is 0.237 e. The summed E-state index contributed by atoms with van der Waals surface area (Å²) < 4.78 is 5.48. The lowest BCUT2D eigenvalue weighted by atomic mass is 9.72. The topological polar surface area (TPSA) is 61.9 Å². The quantitative estimate of drug-likeness (QED) is 0.830. The number of hydrogen-bond donors (Lipinski definition) is 1. The average molecular weight is 420 g/mol. The van der Waals surface area contributed by atoms with Crippen LogP contribution in [0, 0.1) is 5.92 Å². The molecule has 1 N–H and O–H groups in total. The van der Waals surface area contributed by atoms with Crippen molar-refractivity contribution >= 4 is 17.5 Å². The first-order valence-corrected chi connectivity index (χ1v) is 11.1. The smallest absolute Gasteiger partial charge is 0.237 e. The fourth-order valence-electron chi connectivity index (χ4n) is 5.69. The number of likely N-dealkylation sites (tertiary alicyclic amines) is 2. The second kappa shape index (κ2) is 7.68. The van der Waals surface area contributed by atoms with Crippen molar-refractivity contribution in [2.45, 2.75) is 30.7 Å². The number of carbonyl (C=O) groups is 2. The van der Waals surface area contributed by atoms with E-state index in [2.05, 4.69) is 17.3 Å². The van der Waals surface area contributed by atoms with Crippen molar-refractivity contribution in [1.82, 2.24) is 9.80 Å². The van der Waals surface area contributed by atoms with E-state index in [0.29, 0.717) is 13.0 Å². The van der Waals surface area contributed by atoms with Crippen molar-refractivity contribution in [2.75, 3.05) is 39.1 Å². The van der Waals surface area contributed by atoms with Gasteiger partial charge in [0, 0.05) is 18.2 Å². The minimum Gasteiger partial charge on any atom is -0.497 e. The molecular weight excluding hydrogens is 390 g/mol. The predicted molar refractivity (Wildman–Crippen MR) is 119 cm³/mol. The van der Waals surface area contributed by atoms with E-state index in [4.69, 9.17) is 4.74 Å². The molecule has 0 aromatic heterocycles. The van der Waals surface area contributed by atoms with E-state index >= 15 is 0 Å². The highest BCUT2D eigenvalue weighted by molar-refractivity contribution is 6.07. The van der Waals surface area contributed by atoms with Gasteiger partial charge in [0.1, 0.15) is 11.2 Å². The fraction of sp³-hybridized carbons (Fsp3) is 0.440. The molecule has 0 unspecified atom stereocenters. The minimum absolute atomic E-state index is 0.0131. The molecule has 3 aliphatic heterocycles. The van der Waals surface area contributed by atoms with Gasteiger partial charge in [-0.05, 0) is 68.7 Å². The second-order valence-corrected chi connectivity index (χ2v) is 9.01. The van der Waals surface area contributed by atoms with Gasteiger partial charge in [-0.25, -0.2) is 0 Å². The number of carbonyl (C=O) groups excluding carboxylic acids is 2. The molecule has 2 fully saturated rings. The molecule has 3 aliphatic rings. The zero-order chi connectivity index (χ0) is 21.6. The van der Waals surface area contributed by atoms with Crippen LogP contribution in [0.25, 0.3) is 0 Å². The van der Waals surface area contributed by atoms with Crippen LogP contribution in [-0.2, 0) is 15.0 Å². The molecule has 0 aliphatic carbocycles. The summed E-state index contributed by atoms with van der Waals surface area (Å²) in [6.07, 6.45) is 2.36. The number of benzene rings is 2. The van der Waals surface area contributed by atoms with E-state index in [0.717, 1.165) is 48.5 Å². The molecule has 2 saturated heterocycles. The molecule has 2 aromatic carbocycles.